The van der Waals surface area contributed by atoms with Gasteiger partial charge in [-0.1, -0.05) is 35.9 Å². The molecule has 0 fully saturated rings. The lowest BCUT2D eigenvalue weighted by molar-refractivity contribution is 0.566. The second-order valence-electron chi connectivity index (χ2n) is 4.51. The molecule has 1 aromatic heterocycles. The molecule has 0 aliphatic rings. The zero-order valence-electron chi connectivity index (χ0n) is 11.2. The first kappa shape index (κ1) is 15.0. The fraction of sp³-hybridized carbons (Fsp3) is 0.214. The zero-order chi connectivity index (χ0) is 14.8. The molecule has 0 saturated carbocycles. The van der Waals surface area contributed by atoms with Crippen LogP contribution >= 0.6 is 11.6 Å². The van der Waals surface area contributed by atoms with Crippen molar-refractivity contribution in [2.75, 3.05) is 0 Å². The molecule has 0 aliphatic heterocycles. The van der Waals surface area contributed by atoms with E-state index in [-0.39, 0.29) is 16.1 Å². The molecule has 0 aliphatic carbocycles. The van der Waals surface area contributed by atoms with Gasteiger partial charge in [0.2, 0.25) is 10.0 Å². The maximum Gasteiger partial charge on any atom is 0.241 e. The summed E-state index contributed by atoms with van der Waals surface area (Å²) in [6.07, 6.45) is 1.37. The minimum absolute atomic E-state index is 0.109. The van der Waals surface area contributed by atoms with Gasteiger partial charge in [-0.15, -0.1) is 0 Å². The van der Waals surface area contributed by atoms with Crippen molar-refractivity contribution in [1.29, 1.82) is 0 Å². The van der Waals surface area contributed by atoms with Crippen molar-refractivity contribution >= 4 is 21.6 Å². The molecular weight excluding hydrogens is 296 g/mol. The smallest absolute Gasteiger partial charge is 0.241 e. The van der Waals surface area contributed by atoms with Crippen molar-refractivity contribution < 1.29 is 8.42 Å². The molecule has 2 aromatic rings. The van der Waals surface area contributed by atoms with Crippen LogP contribution in [0.5, 0.6) is 0 Å². The van der Waals surface area contributed by atoms with Crippen molar-refractivity contribution in [2.45, 2.75) is 24.8 Å². The molecule has 2 rings (SSSR count). The van der Waals surface area contributed by atoms with Gasteiger partial charge >= 0.3 is 0 Å². The van der Waals surface area contributed by atoms with Crippen LogP contribution < -0.4 is 4.72 Å². The summed E-state index contributed by atoms with van der Waals surface area (Å²) in [7, 11) is -3.62. The molecule has 0 amide bonds. The van der Waals surface area contributed by atoms with Crippen LogP contribution in [0, 0.1) is 6.92 Å². The Kier molecular flexibility index (Phi) is 4.42. The SMILES string of the molecule is Cc1ccccc1C(C)NS(=O)(=O)c1ccnc(Cl)c1. The molecule has 1 N–H and O–H groups in total. The van der Waals surface area contributed by atoms with E-state index in [4.69, 9.17) is 11.6 Å². The number of halogens is 1. The van der Waals surface area contributed by atoms with E-state index in [1.54, 1.807) is 0 Å². The Morgan fingerprint density at radius 2 is 1.95 bits per heavy atom. The van der Waals surface area contributed by atoms with E-state index in [1.807, 2.05) is 38.1 Å². The number of pyridine rings is 1. The van der Waals surface area contributed by atoms with Gasteiger partial charge < -0.3 is 0 Å². The van der Waals surface area contributed by atoms with E-state index in [0.717, 1.165) is 11.1 Å². The number of hydrogen-bond donors (Lipinski definition) is 1. The van der Waals surface area contributed by atoms with Crippen LogP contribution in [0.2, 0.25) is 5.15 Å². The summed E-state index contributed by atoms with van der Waals surface area (Å²) in [5, 5.41) is 0.149. The molecule has 0 radical (unpaired) electrons. The second kappa shape index (κ2) is 5.91. The van der Waals surface area contributed by atoms with Gasteiger partial charge in [0.15, 0.2) is 0 Å². The van der Waals surface area contributed by atoms with Crippen molar-refractivity contribution in [3.05, 3.63) is 58.9 Å². The Hall–Kier alpha value is -1.43. The predicted octanol–water partition coefficient (Wildman–Crippen LogP) is 3.08. The monoisotopic (exact) mass is 310 g/mol. The maximum atomic E-state index is 12.3. The second-order valence-corrected chi connectivity index (χ2v) is 6.62. The van der Waals surface area contributed by atoms with Crippen LogP contribution in [0.1, 0.15) is 24.1 Å². The highest BCUT2D eigenvalue weighted by Gasteiger charge is 2.19. The third-order valence-corrected chi connectivity index (χ3v) is 4.74. The van der Waals surface area contributed by atoms with Gasteiger partial charge in [0.05, 0.1) is 4.90 Å². The summed E-state index contributed by atoms with van der Waals surface area (Å²) in [5.41, 5.74) is 1.98. The van der Waals surface area contributed by atoms with Gasteiger partial charge in [0, 0.05) is 12.2 Å². The molecular formula is C14H15ClN2O2S. The number of nitrogens with zero attached hydrogens (tertiary/aromatic N) is 1. The third kappa shape index (κ3) is 3.36. The van der Waals surface area contributed by atoms with E-state index < -0.39 is 10.0 Å². The number of rotatable bonds is 4. The van der Waals surface area contributed by atoms with E-state index >= 15 is 0 Å². The lowest BCUT2D eigenvalue weighted by atomic mass is 10.0. The molecule has 1 aromatic carbocycles. The van der Waals surface area contributed by atoms with Gasteiger partial charge in [-0.05, 0) is 37.1 Å². The van der Waals surface area contributed by atoms with Crippen LogP contribution in [0.3, 0.4) is 0 Å². The van der Waals surface area contributed by atoms with Gasteiger partial charge in [-0.2, -0.15) is 0 Å². The van der Waals surface area contributed by atoms with Crippen LogP contribution in [0.25, 0.3) is 0 Å². The lowest BCUT2D eigenvalue weighted by Crippen LogP contribution is -2.27. The maximum absolute atomic E-state index is 12.3. The highest BCUT2D eigenvalue weighted by molar-refractivity contribution is 7.89. The number of nitrogens with one attached hydrogen (secondary N) is 1. The molecule has 1 atom stereocenters. The van der Waals surface area contributed by atoms with Gasteiger partial charge in [-0.3, -0.25) is 0 Å². The molecule has 4 nitrogen and oxygen atoms in total. The average Bonchev–Trinajstić information content (AvgIpc) is 2.38. The average molecular weight is 311 g/mol. The minimum Gasteiger partial charge on any atom is -0.244 e. The standard InChI is InChI=1S/C14H15ClN2O2S/c1-10-5-3-4-6-13(10)11(2)17-20(18,19)12-7-8-16-14(15)9-12/h3-9,11,17H,1-2H3. The Morgan fingerprint density at radius 1 is 1.25 bits per heavy atom. The number of sulfonamides is 1. The summed E-state index contributed by atoms with van der Waals surface area (Å²) in [5.74, 6) is 0. The van der Waals surface area contributed by atoms with E-state index in [1.165, 1.54) is 18.3 Å². The first-order chi connectivity index (χ1) is 9.40. The fourth-order valence-electron chi connectivity index (χ4n) is 1.99. The molecule has 106 valence electrons. The molecule has 0 spiro atoms. The minimum atomic E-state index is -3.62. The van der Waals surface area contributed by atoms with Crippen molar-refractivity contribution in [3.8, 4) is 0 Å². The van der Waals surface area contributed by atoms with Gasteiger partial charge in [0.25, 0.3) is 0 Å². The topological polar surface area (TPSA) is 59.1 Å². The van der Waals surface area contributed by atoms with Crippen molar-refractivity contribution in [1.82, 2.24) is 9.71 Å². The van der Waals surface area contributed by atoms with E-state index in [9.17, 15) is 8.42 Å². The highest BCUT2D eigenvalue weighted by Crippen LogP contribution is 2.20. The summed E-state index contributed by atoms with van der Waals surface area (Å²) in [6, 6.07) is 10.1. The molecule has 1 heterocycles. The lowest BCUT2D eigenvalue weighted by Gasteiger charge is -2.16. The summed E-state index contributed by atoms with van der Waals surface area (Å²) < 4.78 is 27.2. The van der Waals surface area contributed by atoms with Gasteiger partial charge in [0.1, 0.15) is 5.15 Å². The molecule has 0 saturated heterocycles. The quantitative estimate of drug-likeness (QED) is 0.883. The Morgan fingerprint density at radius 3 is 2.60 bits per heavy atom. The normalized spacial score (nSPS) is 13.2. The van der Waals surface area contributed by atoms with Crippen LogP contribution in [-0.4, -0.2) is 13.4 Å². The van der Waals surface area contributed by atoms with Crippen molar-refractivity contribution in [2.24, 2.45) is 0 Å². The number of aromatic nitrogens is 1. The van der Waals surface area contributed by atoms with Crippen LogP contribution in [0.15, 0.2) is 47.5 Å². The number of aryl methyl sites for hydroxylation is 1. The summed E-state index contributed by atoms with van der Waals surface area (Å²) in [4.78, 5) is 3.89. The largest absolute Gasteiger partial charge is 0.244 e. The Balaban J connectivity index is 2.27. The fourth-order valence-corrected chi connectivity index (χ4v) is 3.46. The number of benzene rings is 1. The summed E-state index contributed by atoms with van der Waals surface area (Å²) >= 11 is 5.73. The van der Waals surface area contributed by atoms with Gasteiger partial charge in [-0.25, -0.2) is 18.1 Å². The van der Waals surface area contributed by atoms with E-state index in [2.05, 4.69) is 9.71 Å². The Labute approximate surface area is 123 Å². The molecule has 1 unspecified atom stereocenters. The predicted molar refractivity (Wildman–Crippen MR) is 79.2 cm³/mol. The first-order valence-corrected chi connectivity index (χ1v) is 7.95. The van der Waals surface area contributed by atoms with Crippen molar-refractivity contribution in [3.63, 3.8) is 0 Å². The van der Waals surface area contributed by atoms with E-state index in [0.29, 0.717) is 0 Å². The molecule has 0 bridgehead atoms. The Bertz CT molecular complexity index is 717. The number of hydrogen-bond acceptors (Lipinski definition) is 3. The molecule has 6 heteroatoms. The highest BCUT2D eigenvalue weighted by atomic mass is 35.5. The zero-order valence-corrected chi connectivity index (χ0v) is 12.7. The third-order valence-electron chi connectivity index (χ3n) is 3.00. The van der Waals surface area contributed by atoms with Crippen LogP contribution in [0.4, 0.5) is 0 Å². The van der Waals surface area contributed by atoms with Crippen LogP contribution in [-0.2, 0) is 10.0 Å². The summed E-state index contributed by atoms with van der Waals surface area (Å²) in [6.45, 7) is 3.76. The molecule has 20 heavy (non-hydrogen) atoms. The first-order valence-electron chi connectivity index (χ1n) is 6.09.